The number of hydrogen-bond acceptors (Lipinski definition) is 11. The summed E-state index contributed by atoms with van der Waals surface area (Å²) in [7, 11) is 0. The van der Waals surface area contributed by atoms with Crippen LogP contribution >= 0.6 is 0 Å². The van der Waals surface area contributed by atoms with Gasteiger partial charge in [-0.05, 0) is 47.7 Å². The zero-order chi connectivity index (χ0) is 38.1. The normalized spacial score (nSPS) is 26.7. The molecule has 2 aromatic carbocycles. The van der Waals surface area contributed by atoms with Gasteiger partial charge in [-0.25, -0.2) is 0 Å². The van der Waals surface area contributed by atoms with Crippen LogP contribution in [0.25, 0.3) is 6.08 Å². The molecular formula is C41H55N3O10. The lowest BCUT2D eigenvalue weighted by molar-refractivity contribution is -0.224. The predicted molar refractivity (Wildman–Crippen MR) is 198 cm³/mol. The van der Waals surface area contributed by atoms with E-state index in [1.54, 1.807) is 29.3 Å². The SMILES string of the molecule is CCCCCC1(CCCCC)O[C@@H]2[C@H](O1)[C@H]1ON(Cc3cccc(C=COCCO)c3)[C@@H]3C(=O)O[C@@H]2C[C@]13C(=O)NCc1cccc(C(=O)NCCO)c1. The second-order valence-corrected chi connectivity index (χ2v) is 14.7. The van der Waals surface area contributed by atoms with Gasteiger partial charge < -0.3 is 39.8 Å². The molecule has 6 atom stereocenters. The van der Waals surface area contributed by atoms with E-state index in [0.29, 0.717) is 24.0 Å². The highest BCUT2D eigenvalue weighted by molar-refractivity contribution is 5.95. The number of nitrogens with one attached hydrogen (secondary N) is 2. The van der Waals surface area contributed by atoms with Crippen molar-refractivity contribution >= 4 is 23.9 Å². The highest BCUT2D eigenvalue weighted by Crippen LogP contribution is 2.58. The highest BCUT2D eigenvalue weighted by Gasteiger charge is 2.76. The minimum Gasteiger partial charge on any atom is -0.499 e. The van der Waals surface area contributed by atoms with E-state index in [2.05, 4.69) is 24.5 Å². The van der Waals surface area contributed by atoms with Crippen molar-refractivity contribution in [3.8, 4) is 0 Å². The van der Waals surface area contributed by atoms with Crippen molar-refractivity contribution in [2.24, 2.45) is 5.41 Å². The summed E-state index contributed by atoms with van der Waals surface area (Å²) < 4.78 is 25.3. The van der Waals surface area contributed by atoms with Crippen molar-refractivity contribution in [3.05, 3.63) is 77.0 Å². The molecule has 4 aliphatic rings. The Morgan fingerprint density at radius 1 is 0.944 bits per heavy atom. The number of carbonyl (C=O) groups is 3. The third kappa shape index (κ3) is 8.51. The zero-order valence-electron chi connectivity index (χ0n) is 31.4. The van der Waals surface area contributed by atoms with Crippen LogP contribution in [-0.2, 0) is 46.5 Å². The van der Waals surface area contributed by atoms with E-state index in [9.17, 15) is 14.4 Å². The first kappa shape index (κ1) is 39.8. The molecule has 0 aromatic heterocycles. The third-order valence-corrected chi connectivity index (χ3v) is 10.9. The van der Waals surface area contributed by atoms with Crippen molar-refractivity contribution in [3.63, 3.8) is 0 Å². The Morgan fingerprint density at radius 2 is 1.69 bits per heavy atom. The fourth-order valence-electron chi connectivity index (χ4n) is 8.36. The third-order valence-electron chi connectivity index (χ3n) is 10.9. The quantitative estimate of drug-likeness (QED) is 0.0874. The van der Waals surface area contributed by atoms with E-state index in [-0.39, 0.29) is 57.7 Å². The van der Waals surface area contributed by atoms with E-state index in [1.807, 2.05) is 30.3 Å². The Balaban J connectivity index is 1.31. The lowest BCUT2D eigenvalue weighted by Gasteiger charge is -2.48. The summed E-state index contributed by atoms with van der Waals surface area (Å²) in [5.74, 6) is -2.10. The Kier molecular flexibility index (Phi) is 13.4. The first-order valence-corrected chi connectivity index (χ1v) is 19.5. The maximum atomic E-state index is 14.8. The molecule has 4 N–H and O–H groups in total. The van der Waals surface area contributed by atoms with E-state index in [4.69, 9.17) is 34.0 Å². The average Bonchev–Trinajstić information content (AvgIpc) is 3.73. The average molecular weight is 750 g/mol. The molecule has 0 radical (unpaired) electrons. The Morgan fingerprint density at radius 3 is 2.43 bits per heavy atom. The molecule has 3 heterocycles. The molecule has 0 spiro atoms. The molecule has 6 rings (SSSR count). The maximum absolute atomic E-state index is 14.8. The number of unbranched alkanes of at least 4 members (excludes halogenated alkanes) is 4. The van der Waals surface area contributed by atoms with Crippen LogP contribution in [0.5, 0.6) is 0 Å². The van der Waals surface area contributed by atoms with Crippen molar-refractivity contribution in [2.75, 3.05) is 26.4 Å². The van der Waals surface area contributed by atoms with Crippen LogP contribution in [-0.4, -0.2) is 95.7 Å². The van der Waals surface area contributed by atoms with Gasteiger partial charge in [0, 0.05) is 37.9 Å². The molecule has 1 aliphatic carbocycles. The number of aliphatic hydroxyl groups is 2. The number of hydrogen-bond donors (Lipinski definition) is 4. The van der Waals surface area contributed by atoms with Gasteiger partial charge in [0.2, 0.25) is 5.91 Å². The summed E-state index contributed by atoms with van der Waals surface area (Å²) in [6, 6.07) is 13.5. The van der Waals surface area contributed by atoms with Gasteiger partial charge in [0.15, 0.2) is 11.8 Å². The minimum absolute atomic E-state index is 0.0876. The highest BCUT2D eigenvalue weighted by atomic mass is 16.8. The summed E-state index contributed by atoms with van der Waals surface area (Å²) in [4.78, 5) is 48.3. The topological polar surface area (TPSA) is 165 Å². The zero-order valence-corrected chi connectivity index (χ0v) is 31.4. The molecule has 4 fully saturated rings. The Labute approximate surface area is 317 Å². The molecule has 3 aliphatic heterocycles. The number of rotatable bonds is 20. The van der Waals surface area contributed by atoms with Crippen LogP contribution < -0.4 is 10.6 Å². The molecule has 0 unspecified atom stereocenters. The lowest BCUT2D eigenvalue weighted by atomic mass is 9.62. The number of ether oxygens (including phenoxy) is 4. The number of benzene rings is 2. The number of fused-ring (bicyclic) bond motifs is 4. The number of carbonyl (C=O) groups excluding carboxylic acids is 3. The van der Waals surface area contributed by atoms with Crippen LogP contribution in [0.1, 0.15) is 98.7 Å². The summed E-state index contributed by atoms with van der Waals surface area (Å²) in [5.41, 5.74) is 1.45. The second kappa shape index (κ2) is 18.2. The summed E-state index contributed by atoms with van der Waals surface area (Å²) in [6.45, 7) is 4.67. The van der Waals surface area contributed by atoms with Gasteiger partial charge in [-0.15, -0.1) is 0 Å². The molecule has 1 saturated carbocycles. The van der Waals surface area contributed by atoms with Gasteiger partial charge in [-0.2, -0.15) is 5.06 Å². The van der Waals surface area contributed by atoms with Crippen molar-refractivity contribution in [1.82, 2.24) is 15.7 Å². The van der Waals surface area contributed by atoms with Gasteiger partial charge in [-0.1, -0.05) is 75.9 Å². The molecule has 13 nitrogen and oxygen atoms in total. The molecule has 3 saturated heterocycles. The molecule has 294 valence electrons. The first-order valence-electron chi connectivity index (χ1n) is 19.5. The summed E-state index contributed by atoms with van der Waals surface area (Å²) in [5, 5.41) is 25.5. The molecule has 2 aromatic rings. The van der Waals surface area contributed by atoms with Gasteiger partial charge in [0.25, 0.3) is 5.91 Å². The number of esters is 1. The second-order valence-electron chi connectivity index (χ2n) is 14.7. The van der Waals surface area contributed by atoms with Crippen LogP contribution in [0.4, 0.5) is 0 Å². The number of amides is 2. The monoisotopic (exact) mass is 749 g/mol. The maximum Gasteiger partial charge on any atom is 0.327 e. The van der Waals surface area contributed by atoms with Crippen molar-refractivity contribution in [2.45, 2.75) is 121 Å². The smallest absolute Gasteiger partial charge is 0.327 e. The van der Waals surface area contributed by atoms with Gasteiger partial charge >= 0.3 is 5.97 Å². The number of aliphatic hydroxyl groups excluding tert-OH is 2. The van der Waals surface area contributed by atoms with Crippen LogP contribution in [0.15, 0.2) is 54.8 Å². The molecular weight excluding hydrogens is 694 g/mol. The summed E-state index contributed by atoms with van der Waals surface area (Å²) in [6.07, 6.45) is 8.13. The van der Waals surface area contributed by atoms with Crippen LogP contribution in [0, 0.1) is 5.41 Å². The van der Waals surface area contributed by atoms with Gasteiger partial charge in [0.05, 0.1) is 26.0 Å². The van der Waals surface area contributed by atoms with Crippen LogP contribution in [0.2, 0.25) is 0 Å². The first-order chi connectivity index (χ1) is 26.3. The number of nitrogens with zero attached hydrogens (tertiary/aromatic N) is 1. The van der Waals surface area contributed by atoms with E-state index in [0.717, 1.165) is 49.7 Å². The fraction of sp³-hybridized carbons (Fsp3) is 0.585. The lowest BCUT2D eigenvalue weighted by Crippen LogP contribution is -2.69. The largest absolute Gasteiger partial charge is 0.499 e. The standard InChI is InChI=1S/C41H55N3O10/c1-3-5-7-16-40(17-8-6-4-2)52-33-32-25-41(39(49)43-26-29-12-10-14-31(24-29)37(47)42-18-19-45)35(38(48)51-32)44(54-36(41)34(33)53-40)27-30-13-9-11-28(23-30)15-21-50-22-20-46/h9-15,21,23-24,32-36,45-46H,3-8,16-20,22,25-27H2,1-2H3,(H,42,47)(H,43,49)/t32-,33+,34+,35-,36-,41-/m1/s1. The number of hydroxylamine groups is 2. The summed E-state index contributed by atoms with van der Waals surface area (Å²) >= 11 is 0. The van der Waals surface area contributed by atoms with E-state index in [1.165, 1.54) is 6.26 Å². The molecule has 54 heavy (non-hydrogen) atoms. The van der Waals surface area contributed by atoms with Crippen molar-refractivity contribution in [1.29, 1.82) is 0 Å². The van der Waals surface area contributed by atoms with Gasteiger partial charge in [0.1, 0.15) is 36.4 Å². The molecule has 2 bridgehead atoms. The van der Waals surface area contributed by atoms with E-state index >= 15 is 0 Å². The molecule has 13 heteroatoms. The minimum atomic E-state index is -1.35. The fourth-order valence-corrected chi connectivity index (χ4v) is 8.36. The van der Waals surface area contributed by atoms with Gasteiger partial charge in [-0.3, -0.25) is 19.2 Å². The Hall–Kier alpha value is -3.85. The predicted octanol–water partition coefficient (Wildman–Crippen LogP) is 4.15. The molecule has 2 amide bonds. The van der Waals surface area contributed by atoms with Crippen LogP contribution in [0.3, 0.4) is 0 Å². The Bertz CT molecular complexity index is 1630. The van der Waals surface area contributed by atoms with Crippen molar-refractivity contribution < 1.29 is 48.4 Å². The van der Waals surface area contributed by atoms with E-state index < -0.39 is 47.6 Å².